The number of nitrogens with zero attached hydrogens (tertiary/aromatic N) is 3. The van der Waals surface area contributed by atoms with Crippen LogP contribution >= 0.6 is 0 Å². The fourth-order valence-corrected chi connectivity index (χ4v) is 3.08. The number of aliphatic hydroxyl groups is 1. The van der Waals surface area contributed by atoms with Crippen molar-refractivity contribution in [2.45, 2.75) is 51.3 Å². The van der Waals surface area contributed by atoms with Gasteiger partial charge in [0.05, 0.1) is 23.4 Å². The van der Waals surface area contributed by atoms with Gasteiger partial charge in [-0.25, -0.2) is 14.5 Å². The maximum Gasteiger partial charge on any atom is 0.339 e. The van der Waals surface area contributed by atoms with Crippen LogP contribution < -0.4 is 5.32 Å². The number of aromatic nitrogens is 3. The molecule has 0 bridgehead atoms. The van der Waals surface area contributed by atoms with Crippen molar-refractivity contribution in [3.8, 4) is 0 Å². The molecule has 2 aromatic rings. The third kappa shape index (κ3) is 2.64. The molecule has 1 fully saturated rings. The van der Waals surface area contributed by atoms with E-state index in [4.69, 9.17) is 0 Å². The lowest BCUT2D eigenvalue weighted by Crippen LogP contribution is -2.30. The highest BCUT2D eigenvalue weighted by Gasteiger charge is 2.24. The monoisotopic (exact) mass is 304 g/mol. The van der Waals surface area contributed by atoms with Crippen molar-refractivity contribution in [3.63, 3.8) is 0 Å². The number of rotatable bonds is 4. The second kappa shape index (κ2) is 5.92. The maximum absolute atomic E-state index is 11.5. The largest absolute Gasteiger partial charge is 0.478 e. The molecule has 2 heterocycles. The number of nitrogens with one attached hydrogen (secondary N) is 1. The van der Waals surface area contributed by atoms with Gasteiger partial charge in [0.25, 0.3) is 0 Å². The van der Waals surface area contributed by atoms with E-state index in [-0.39, 0.29) is 17.7 Å². The number of fused-ring (bicyclic) bond motifs is 1. The first-order valence-electron chi connectivity index (χ1n) is 7.62. The van der Waals surface area contributed by atoms with Crippen LogP contribution in [-0.4, -0.2) is 43.1 Å². The van der Waals surface area contributed by atoms with Gasteiger partial charge >= 0.3 is 5.97 Å². The van der Waals surface area contributed by atoms with Gasteiger partial charge in [-0.1, -0.05) is 0 Å². The molecule has 118 valence electrons. The molecule has 7 heteroatoms. The number of pyridine rings is 1. The molecule has 0 spiro atoms. The van der Waals surface area contributed by atoms with Gasteiger partial charge in [0.1, 0.15) is 5.56 Å². The third-order valence-electron chi connectivity index (χ3n) is 4.19. The van der Waals surface area contributed by atoms with E-state index < -0.39 is 5.97 Å². The molecule has 0 unspecified atom stereocenters. The molecular weight excluding hydrogens is 284 g/mol. The van der Waals surface area contributed by atoms with Gasteiger partial charge in [-0.15, -0.1) is 0 Å². The summed E-state index contributed by atoms with van der Waals surface area (Å²) in [6.07, 6.45) is 6.00. The number of aliphatic hydroxyl groups excluding tert-OH is 1. The summed E-state index contributed by atoms with van der Waals surface area (Å²) in [7, 11) is 0. The fraction of sp³-hybridized carbons (Fsp3) is 0.533. The number of anilines is 1. The molecule has 0 saturated heterocycles. The van der Waals surface area contributed by atoms with Crippen LogP contribution in [0.25, 0.3) is 11.0 Å². The molecule has 3 N–H and O–H groups in total. The molecule has 0 aromatic carbocycles. The minimum absolute atomic E-state index is 0.0671. The second-order valence-corrected chi connectivity index (χ2v) is 5.71. The van der Waals surface area contributed by atoms with Crippen LogP contribution in [0.4, 0.5) is 5.69 Å². The summed E-state index contributed by atoms with van der Waals surface area (Å²) in [5.74, 6) is -1.02. The van der Waals surface area contributed by atoms with E-state index in [2.05, 4.69) is 15.4 Å². The van der Waals surface area contributed by atoms with Gasteiger partial charge in [0, 0.05) is 18.8 Å². The average molecular weight is 304 g/mol. The number of carboxylic acid groups (broad SMARTS) is 1. The highest BCUT2D eigenvalue weighted by molar-refractivity contribution is 6.03. The number of carboxylic acids is 1. The van der Waals surface area contributed by atoms with Gasteiger partial charge in [0.15, 0.2) is 5.65 Å². The minimum atomic E-state index is -1.02. The van der Waals surface area contributed by atoms with Gasteiger partial charge < -0.3 is 15.5 Å². The van der Waals surface area contributed by atoms with Gasteiger partial charge in [-0.2, -0.15) is 5.10 Å². The first-order valence-corrected chi connectivity index (χ1v) is 7.62. The van der Waals surface area contributed by atoms with Crippen LogP contribution in [0.1, 0.15) is 43.0 Å². The van der Waals surface area contributed by atoms with Gasteiger partial charge in [0.2, 0.25) is 0 Å². The Balaban J connectivity index is 2.02. The summed E-state index contributed by atoms with van der Waals surface area (Å²) in [5.41, 5.74) is 1.37. The van der Waals surface area contributed by atoms with E-state index in [1.165, 1.54) is 6.20 Å². The zero-order chi connectivity index (χ0) is 15.7. The van der Waals surface area contributed by atoms with Gasteiger partial charge in [-0.05, 0) is 32.6 Å². The summed E-state index contributed by atoms with van der Waals surface area (Å²) < 4.78 is 1.74. The molecule has 0 radical (unpaired) electrons. The molecule has 3 rings (SSSR count). The predicted octanol–water partition coefficient (Wildman–Crippen LogP) is 1.86. The van der Waals surface area contributed by atoms with Crippen molar-refractivity contribution in [1.82, 2.24) is 14.8 Å². The Bertz CT molecular complexity index is 697. The molecule has 0 aliphatic heterocycles. The van der Waals surface area contributed by atoms with E-state index in [1.54, 1.807) is 10.9 Å². The number of hydrogen-bond acceptors (Lipinski definition) is 5. The quantitative estimate of drug-likeness (QED) is 0.797. The van der Waals surface area contributed by atoms with Crippen LogP contribution in [-0.2, 0) is 6.54 Å². The SMILES string of the molecule is CCn1ncc2c(N[C@@H]3CCC[C@H](O)C3)c(C(=O)O)cnc21. The van der Waals surface area contributed by atoms with Crippen molar-refractivity contribution < 1.29 is 15.0 Å². The van der Waals surface area contributed by atoms with Crippen molar-refractivity contribution in [2.24, 2.45) is 0 Å². The normalized spacial score (nSPS) is 21.9. The first kappa shape index (κ1) is 14.8. The van der Waals surface area contributed by atoms with Crippen LogP contribution in [0.5, 0.6) is 0 Å². The molecule has 22 heavy (non-hydrogen) atoms. The summed E-state index contributed by atoms with van der Waals surface area (Å²) in [4.78, 5) is 15.7. The Morgan fingerprint density at radius 3 is 2.95 bits per heavy atom. The van der Waals surface area contributed by atoms with Crippen molar-refractivity contribution >= 4 is 22.7 Å². The Labute approximate surface area is 128 Å². The topological polar surface area (TPSA) is 100 Å². The number of hydrogen-bond donors (Lipinski definition) is 3. The highest BCUT2D eigenvalue weighted by atomic mass is 16.4. The molecule has 1 aliphatic rings. The molecule has 1 saturated carbocycles. The average Bonchev–Trinajstić information content (AvgIpc) is 2.90. The van der Waals surface area contributed by atoms with Crippen LogP contribution in [0.2, 0.25) is 0 Å². The summed E-state index contributed by atoms with van der Waals surface area (Å²) >= 11 is 0. The van der Waals surface area contributed by atoms with E-state index in [9.17, 15) is 15.0 Å². The fourth-order valence-electron chi connectivity index (χ4n) is 3.08. The second-order valence-electron chi connectivity index (χ2n) is 5.71. The number of aryl methyl sites for hydroxylation is 1. The van der Waals surface area contributed by atoms with Crippen LogP contribution in [0.3, 0.4) is 0 Å². The lowest BCUT2D eigenvalue weighted by atomic mass is 9.92. The summed E-state index contributed by atoms with van der Waals surface area (Å²) in [6.45, 7) is 2.63. The van der Waals surface area contributed by atoms with Crippen molar-refractivity contribution in [2.75, 3.05) is 5.32 Å². The van der Waals surface area contributed by atoms with Gasteiger partial charge in [-0.3, -0.25) is 0 Å². The molecule has 2 aromatic heterocycles. The zero-order valence-electron chi connectivity index (χ0n) is 12.5. The third-order valence-corrected chi connectivity index (χ3v) is 4.19. The van der Waals surface area contributed by atoms with Crippen LogP contribution in [0, 0.1) is 0 Å². The smallest absolute Gasteiger partial charge is 0.339 e. The minimum Gasteiger partial charge on any atom is -0.478 e. The highest BCUT2D eigenvalue weighted by Crippen LogP contribution is 2.29. The van der Waals surface area contributed by atoms with Crippen molar-refractivity contribution in [3.05, 3.63) is 18.0 Å². The van der Waals surface area contributed by atoms with E-state index in [0.717, 1.165) is 19.3 Å². The summed E-state index contributed by atoms with van der Waals surface area (Å²) in [6, 6.07) is 0.0671. The van der Waals surface area contributed by atoms with Crippen molar-refractivity contribution in [1.29, 1.82) is 0 Å². The maximum atomic E-state index is 11.5. The lowest BCUT2D eigenvalue weighted by molar-refractivity contribution is 0.0697. The Morgan fingerprint density at radius 2 is 2.27 bits per heavy atom. The van der Waals surface area contributed by atoms with Crippen LogP contribution in [0.15, 0.2) is 12.4 Å². The van der Waals surface area contributed by atoms with E-state index in [0.29, 0.717) is 29.7 Å². The molecule has 1 aliphatic carbocycles. The van der Waals surface area contributed by atoms with E-state index in [1.807, 2.05) is 6.92 Å². The molecule has 0 amide bonds. The lowest BCUT2D eigenvalue weighted by Gasteiger charge is -2.28. The predicted molar refractivity (Wildman–Crippen MR) is 82.0 cm³/mol. The molecular formula is C15H20N4O3. The summed E-state index contributed by atoms with van der Waals surface area (Å²) in [5, 5.41) is 27.5. The number of aromatic carboxylic acids is 1. The molecule has 2 atom stereocenters. The molecule has 7 nitrogen and oxygen atoms in total. The Hall–Kier alpha value is -2.15. The standard InChI is InChI=1S/C15H20N4O3/c1-2-19-14-11(8-17-19)13(12(7-16-14)15(21)22)18-9-4-3-5-10(20)6-9/h7-10,20H,2-6H2,1H3,(H,16,18)(H,21,22)/t9-,10+/m1/s1. The Kier molecular flexibility index (Phi) is 3.98. The first-order chi connectivity index (χ1) is 10.6. The van der Waals surface area contributed by atoms with E-state index >= 15 is 0 Å². The number of carbonyl (C=O) groups is 1. The Morgan fingerprint density at radius 1 is 1.45 bits per heavy atom. The zero-order valence-corrected chi connectivity index (χ0v) is 12.5.